The number of fused-ring (bicyclic) bond motifs is 1. The van der Waals surface area contributed by atoms with E-state index in [9.17, 15) is 4.79 Å². The summed E-state index contributed by atoms with van der Waals surface area (Å²) in [5, 5.41) is 8.64. The van der Waals surface area contributed by atoms with Crippen molar-refractivity contribution in [2.24, 2.45) is 0 Å². The van der Waals surface area contributed by atoms with Crippen LogP contribution in [0.15, 0.2) is 5.51 Å². The van der Waals surface area contributed by atoms with Gasteiger partial charge in [0.05, 0.1) is 5.51 Å². The van der Waals surface area contributed by atoms with Crippen LogP contribution in [0, 0.1) is 0 Å². The van der Waals surface area contributed by atoms with E-state index in [0.717, 1.165) is 11.3 Å². The lowest BCUT2D eigenvalue weighted by Gasteiger charge is -1.78. The number of aromatic carboxylic acids is 1. The van der Waals surface area contributed by atoms with Gasteiger partial charge < -0.3 is 5.11 Å². The first-order valence-electron chi connectivity index (χ1n) is 2.70. The Balaban J connectivity index is 2.67. The van der Waals surface area contributed by atoms with Gasteiger partial charge in [-0.05, 0) is 0 Å². The van der Waals surface area contributed by atoms with Gasteiger partial charge in [-0.3, -0.25) is 0 Å². The first-order valence-corrected chi connectivity index (χ1v) is 4.40. The molecule has 2 aromatic heterocycles. The highest BCUT2D eigenvalue weighted by atomic mass is 32.1. The Morgan fingerprint density at radius 3 is 3.00 bits per heavy atom. The summed E-state index contributed by atoms with van der Waals surface area (Å²) in [5.74, 6) is -0.986. The van der Waals surface area contributed by atoms with Crippen LogP contribution >= 0.6 is 22.7 Å². The summed E-state index contributed by atoms with van der Waals surface area (Å²) in [6.45, 7) is 0. The molecular formula is C5H2N2O2S2. The van der Waals surface area contributed by atoms with Crippen LogP contribution in [0.2, 0.25) is 0 Å². The minimum atomic E-state index is -0.986. The van der Waals surface area contributed by atoms with Crippen LogP contribution in [0.4, 0.5) is 0 Å². The van der Waals surface area contributed by atoms with Crippen molar-refractivity contribution in [2.45, 2.75) is 0 Å². The highest BCUT2D eigenvalue weighted by Crippen LogP contribution is 2.23. The van der Waals surface area contributed by atoms with Crippen molar-refractivity contribution < 1.29 is 9.90 Å². The van der Waals surface area contributed by atoms with Gasteiger partial charge in [-0.2, -0.15) is 0 Å². The molecule has 0 aliphatic carbocycles. The van der Waals surface area contributed by atoms with Gasteiger partial charge in [0.1, 0.15) is 0 Å². The smallest absolute Gasteiger partial charge is 0.365 e. The first-order chi connectivity index (χ1) is 5.27. The summed E-state index contributed by atoms with van der Waals surface area (Å²) >= 11 is 2.45. The van der Waals surface area contributed by atoms with Crippen molar-refractivity contribution in [3.8, 4) is 0 Å². The Bertz CT molecular complexity index is 377. The summed E-state index contributed by atoms with van der Waals surface area (Å²) in [6.07, 6.45) is 0. The molecule has 0 spiro atoms. The summed E-state index contributed by atoms with van der Waals surface area (Å²) < 4.78 is 0. The zero-order valence-electron chi connectivity index (χ0n) is 5.14. The second-order valence-corrected chi connectivity index (χ2v) is 3.60. The number of carboxylic acids is 1. The Morgan fingerprint density at radius 1 is 1.55 bits per heavy atom. The maximum Gasteiger partial charge on any atom is 0.365 e. The van der Waals surface area contributed by atoms with Crippen molar-refractivity contribution in [3.05, 3.63) is 10.5 Å². The van der Waals surface area contributed by atoms with Crippen LogP contribution in [0.5, 0.6) is 0 Å². The number of carbonyl (C=O) groups is 1. The van der Waals surface area contributed by atoms with Gasteiger partial charge in [-0.15, -0.1) is 11.3 Å². The summed E-state index contributed by atoms with van der Waals surface area (Å²) in [5.41, 5.74) is 1.65. The monoisotopic (exact) mass is 186 g/mol. The lowest BCUT2D eigenvalue weighted by Crippen LogP contribution is -1.92. The Hall–Kier alpha value is -1.01. The molecule has 0 saturated heterocycles. The third kappa shape index (κ3) is 0.997. The molecule has 0 aromatic carbocycles. The fourth-order valence-corrected chi connectivity index (χ4v) is 2.27. The minimum absolute atomic E-state index is 0.111. The molecule has 0 amide bonds. The number of rotatable bonds is 1. The maximum atomic E-state index is 10.4. The molecule has 0 unspecified atom stereocenters. The van der Waals surface area contributed by atoms with Crippen molar-refractivity contribution in [2.75, 3.05) is 0 Å². The second-order valence-electron chi connectivity index (χ2n) is 1.79. The first kappa shape index (κ1) is 6.68. The van der Waals surface area contributed by atoms with Gasteiger partial charge in [-0.1, -0.05) is 11.3 Å². The van der Waals surface area contributed by atoms with E-state index in [1.807, 2.05) is 0 Å². The summed E-state index contributed by atoms with van der Waals surface area (Å²) in [7, 11) is 0. The Morgan fingerprint density at radius 2 is 2.36 bits per heavy atom. The van der Waals surface area contributed by atoms with Crippen LogP contribution in [0.1, 0.15) is 9.80 Å². The van der Waals surface area contributed by atoms with E-state index in [0.29, 0.717) is 9.66 Å². The topological polar surface area (TPSA) is 63.1 Å². The van der Waals surface area contributed by atoms with Crippen LogP contribution in [0.25, 0.3) is 9.66 Å². The van der Waals surface area contributed by atoms with Crippen molar-refractivity contribution >= 4 is 38.3 Å². The quantitative estimate of drug-likeness (QED) is 0.732. The molecule has 0 saturated carbocycles. The molecule has 0 fully saturated rings. The number of carboxylic acid groups (broad SMARTS) is 1. The van der Waals surface area contributed by atoms with Gasteiger partial charge in [-0.25, -0.2) is 14.8 Å². The number of hydrogen-bond acceptors (Lipinski definition) is 5. The average molecular weight is 186 g/mol. The molecule has 0 aliphatic heterocycles. The van der Waals surface area contributed by atoms with E-state index >= 15 is 0 Å². The fraction of sp³-hybridized carbons (Fsp3) is 0. The minimum Gasteiger partial charge on any atom is -0.476 e. The average Bonchev–Trinajstić information content (AvgIpc) is 2.40. The lowest BCUT2D eigenvalue weighted by atomic mass is 10.7. The van der Waals surface area contributed by atoms with Crippen molar-refractivity contribution in [1.82, 2.24) is 9.97 Å². The Kier molecular flexibility index (Phi) is 1.36. The second kappa shape index (κ2) is 2.24. The van der Waals surface area contributed by atoms with Crippen LogP contribution in [-0.4, -0.2) is 21.0 Å². The van der Waals surface area contributed by atoms with Crippen LogP contribution in [-0.2, 0) is 0 Å². The van der Waals surface area contributed by atoms with E-state index in [1.54, 1.807) is 5.51 Å². The number of thiazole rings is 2. The van der Waals surface area contributed by atoms with Crippen LogP contribution < -0.4 is 0 Å². The van der Waals surface area contributed by atoms with E-state index in [2.05, 4.69) is 9.97 Å². The predicted octanol–water partition coefficient (Wildman–Crippen LogP) is 1.45. The number of hydrogen-bond donors (Lipinski definition) is 1. The number of nitrogens with zero attached hydrogens (tertiary/aromatic N) is 2. The molecule has 2 rings (SSSR count). The molecule has 0 bridgehead atoms. The molecular weight excluding hydrogens is 184 g/mol. The van der Waals surface area contributed by atoms with E-state index in [-0.39, 0.29) is 5.01 Å². The number of aromatic nitrogens is 2. The van der Waals surface area contributed by atoms with E-state index < -0.39 is 5.97 Å². The SMILES string of the molecule is O=C(O)c1nc2scnc2s1. The molecule has 6 heteroatoms. The zero-order valence-corrected chi connectivity index (χ0v) is 6.78. The van der Waals surface area contributed by atoms with E-state index in [4.69, 9.17) is 5.11 Å². The normalized spacial score (nSPS) is 10.5. The van der Waals surface area contributed by atoms with E-state index in [1.165, 1.54) is 11.3 Å². The highest BCUT2D eigenvalue weighted by molar-refractivity contribution is 7.26. The molecule has 4 nitrogen and oxygen atoms in total. The van der Waals surface area contributed by atoms with Gasteiger partial charge in [0, 0.05) is 0 Å². The molecule has 11 heavy (non-hydrogen) atoms. The maximum absolute atomic E-state index is 10.4. The van der Waals surface area contributed by atoms with Gasteiger partial charge in [0.2, 0.25) is 5.01 Å². The Labute approximate surface area is 69.2 Å². The van der Waals surface area contributed by atoms with Gasteiger partial charge in [0.15, 0.2) is 9.66 Å². The standard InChI is InChI=1S/C5H2N2O2S2/c8-5(9)4-7-3-2(11-4)6-1-10-3/h1H,(H,8,9). The van der Waals surface area contributed by atoms with Crippen molar-refractivity contribution in [3.63, 3.8) is 0 Å². The van der Waals surface area contributed by atoms with Gasteiger partial charge in [0.25, 0.3) is 0 Å². The van der Waals surface area contributed by atoms with Crippen LogP contribution in [0.3, 0.4) is 0 Å². The molecule has 56 valence electrons. The van der Waals surface area contributed by atoms with Crippen molar-refractivity contribution in [1.29, 1.82) is 0 Å². The summed E-state index contributed by atoms with van der Waals surface area (Å²) in [6, 6.07) is 0. The zero-order chi connectivity index (χ0) is 7.84. The molecule has 0 radical (unpaired) electrons. The third-order valence-electron chi connectivity index (χ3n) is 1.10. The molecule has 2 heterocycles. The lowest BCUT2D eigenvalue weighted by molar-refractivity contribution is 0.0697. The molecule has 0 atom stereocenters. The molecule has 2 aromatic rings. The molecule has 0 aliphatic rings. The summed E-state index contributed by atoms with van der Waals surface area (Å²) in [4.78, 5) is 19.6. The molecule has 1 N–H and O–H groups in total. The third-order valence-corrected chi connectivity index (χ3v) is 2.90. The predicted molar refractivity (Wildman–Crippen MR) is 42.3 cm³/mol. The largest absolute Gasteiger partial charge is 0.476 e. The highest BCUT2D eigenvalue weighted by Gasteiger charge is 2.11. The fourth-order valence-electron chi connectivity index (χ4n) is 0.672. The van der Waals surface area contributed by atoms with Gasteiger partial charge >= 0.3 is 5.97 Å².